The predicted octanol–water partition coefficient (Wildman–Crippen LogP) is 1.28. The molecular weight excluding hydrogens is 258 g/mol. The molecule has 0 spiro atoms. The topological polar surface area (TPSA) is 96.7 Å². The van der Waals surface area contributed by atoms with Gasteiger partial charge in [0.1, 0.15) is 17.7 Å². The summed E-state index contributed by atoms with van der Waals surface area (Å²) in [5, 5.41) is 9.00. The van der Waals surface area contributed by atoms with E-state index >= 15 is 0 Å². The van der Waals surface area contributed by atoms with Crippen molar-refractivity contribution in [3.63, 3.8) is 0 Å². The highest BCUT2D eigenvalue weighted by atomic mass is 16.3. The van der Waals surface area contributed by atoms with Crippen LogP contribution < -0.4 is 5.32 Å². The van der Waals surface area contributed by atoms with Gasteiger partial charge in [-0.2, -0.15) is 5.10 Å². The van der Waals surface area contributed by atoms with Gasteiger partial charge in [0.05, 0.1) is 6.54 Å². The molecule has 0 radical (unpaired) electrons. The summed E-state index contributed by atoms with van der Waals surface area (Å²) in [4.78, 5) is 19.7. The number of aromatic amines is 1. The maximum Gasteiger partial charge on any atom is 0.244 e. The molecule has 20 heavy (non-hydrogen) atoms. The molecular formula is C13H11N5O2. The highest BCUT2D eigenvalue weighted by molar-refractivity contribution is 5.91. The number of para-hydroxylation sites is 2. The van der Waals surface area contributed by atoms with Crippen LogP contribution in [0.2, 0.25) is 0 Å². The van der Waals surface area contributed by atoms with Crippen LogP contribution in [0, 0.1) is 0 Å². The smallest absolute Gasteiger partial charge is 0.244 e. The molecule has 0 saturated heterocycles. The lowest BCUT2D eigenvalue weighted by Gasteiger charge is -1.96. The molecule has 0 bridgehead atoms. The number of benzene rings is 1. The van der Waals surface area contributed by atoms with Gasteiger partial charge in [0, 0.05) is 12.2 Å². The van der Waals surface area contributed by atoms with Crippen LogP contribution in [0.4, 0.5) is 0 Å². The lowest BCUT2D eigenvalue weighted by molar-refractivity contribution is -0.116. The summed E-state index contributed by atoms with van der Waals surface area (Å²) in [5.41, 5.74) is 1.45. The van der Waals surface area contributed by atoms with E-state index < -0.39 is 0 Å². The van der Waals surface area contributed by atoms with E-state index in [0.717, 1.165) is 5.52 Å². The third kappa shape index (κ3) is 2.72. The average Bonchev–Trinajstić information content (AvgIpc) is 3.11. The minimum atomic E-state index is -0.261. The minimum Gasteiger partial charge on any atom is -0.437 e. The first-order valence-corrected chi connectivity index (χ1v) is 5.97. The monoisotopic (exact) mass is 269 g/mol. The van der Waals surface area contributed by atoms with Crippen molar-refractivity contribution in [1.82, 2.24) is 25.5 Å². The van der Waals surface area contributed by atoms with Gasteiger partial charge in [-0.05, 0) is 12.1 Å². The van der Waals surface area contributed by atoms with Crippen LogP contribution in [0.5, 0.6) is 0 Å². The number of amides is 1. The Morgan fingerprint density at radius 2 is 2.30 bits per heavy atom. The van der Waals surface area contributed by atoms with Crippen molar-refractivity contribution in [3.05, 3.63) is 48.4 Å². The lowest BCUT2D eigenvalue weighted by Crippen LogP contribution is -2.20. The molecule has 3 rings (SSSR count). The molecule has 0 saturated carbocycles. The number of nitrogens with one attached hydrogen (secondary N) is 2. The molecule has 0 atom stereocenters. The molecule has 7 heteroatoms. The van der Waals surface area contributed by atoms with Crippen molar-refractivity contribution >= 4 is 23.1 Å². The van der Waals surface area contributed by atoms with Gasteiger partial charge >= 0.3 is 0 Å². The normalized spacial score (nSPS) is 11.2. The molecule has 0 unspecified atom stereocenters. The second-order valence-electron chi connectivity index (χ2n) is 4.00. The van der Waals surface area contributed by atoms with Crippen molar-refractivity contribution in [3.8, 4) is 0 Å². The highest BCUT2D eigenvalue weighted by Gasteiger charge is 2.03. The number of nitrogens with zero attached hydrogens (tertiary/aromatic N) is 3. The van der Waals surface area contributed by atoms with Crippen molar-refractivity contribution < 1.29 is 9.21 Å². The predicted molar refractivity (Wildman–Crippen MR) is 71.3 cm³/mol. The number of hydrogen-bond donors (Lipinski definition) is 2. The zero-order chi connectivity index (χ0) is 13.8. The van der Waals surface area contributed by atoms with E-state index in [4.69, 9.17) is 4.42 Å². The summed E-state index contributed by atoms with van der Waals surface area (Å²) in [6.45, 7) is 0.288. The van der Waals surface area contributed by atoms with Crippen LogP contribution >= 0.6 is 0 Å². The molecule has 1 aromatic carbocycles. The summed E-state index contributed by atoms with van der Waals surface area (Å²) >= 11 is 0. The molecule has 2 aromatic heterocycles. The maximum absolute atomic E-state index is 11.6. The zero-order valence-electron chi connectivity index (χ0n) is 10.4. The third-order valence-corrected chi connectivity index (χ3v) is 2.58. The number of carbonyl (C=O) groups is 1. The van der Waals surface area contributed by atoms with Crippen LogP contribution in [0.1, 0.15) is 11.7 Å². The molecule has 0 aliphatic heterocycles. The molecule has 2 N–H and O–H groups in total. The maximum atomic E-state index is 11.6. The second-order valence-corrected chi connectivity index (χ2v) is 4.00. The summed E-state index contributed by atoms with van der Waals surface area (Å²) in [7, 11) is 0. The fourth-order valence-corrected chi connectivity index (χ4v) is 1.65. The number of rotatable bonds is 4. The Morgan fingerprint density at radius 1 is 1.40 bits per heavy atom. The summed E-state index contributed by atoms with van der Waals surface area (Å²) in [6, 6.07) is 7.41. The molecule has 0 aliphatic carbocycles. The number of hydrogen-bond acceptors (Lipinski definition) is 5. The Morgan fingerprint density at radius 3 is 3.10 bits per heavy atom. The van der Waals surface area contributed by atoms with Gasteiger partial charge < -0.3 is 9.73 Å². The quantitative estimate of drug-likeness (QED) is 0.695. The van der Waals surface area contributed by atoms with Crippen molar-refractivity contribution in [1.29, 1.82) is 0 Å². The summed E-state index contributed by atoms with van der Waals surface area (Å²) < 4.78 is 5.46. The van der Waals surface area contributed by atoms with Gasteiger partial charge in [0.15, 0.2) is 5.58 Å². The Labute approximate surface area is 113 Å². The van der Waals surface area contributed by atoms with Gasteiger partial charge in [0.2, 0.25) is 11.8 Å². The Balaban J connectivity index is 1.62. The number of carbonyl (C=O) groups excluding carboxylic acids is 1. The van der Waals surface area contributed by atoms with Crippen LogP contribution in [-0.2, 0) is 11.3 Å². The average molecular weight is 269 g/mol. The van der Waals surface area contributed by atoms with E-state index in [-0.39, 0.29) is 12.5 Å². The van der Waals surface area contributed by atoms with Gasteiger partial charge in [0.25, 0.3) is 0 Å². The largest absolute Gasteiger partial charge is 0.437 e. The SMILES string of the molecule is O=C(/C=C/c1nc2ccccc2o1)NCc1ncn[nH]1. The van der Waals surface area contributed by atoms with E-state index in [1.165, 1.54) is 18.5 Å². The first-order chi connectivity index (χ1) is 9.81. The highest BCUT2D eigenvalue weighted by Crippen LogP contribution is 2.15. The van der Waals surface area contributed by atoms with Crippen LogP contribution in [0.25, 0.3) is 17.2 Å². The summed E-state index contributed by atoms with van der Waals surface area (Å²) in [6.07, 6.45) is 4.27. The van der Waals surface area contributed by atoms with E-state index in [2.05, 4.69) is 25.5 Å². The second kappa shape index (κ2) is 5.35. The van der Waals surface area contributed by atoms with Gasteiger partial charge in [-0.25, -0.2) is 9.97 Å². The van der Waals surface area contributed by atoms with E-state index in [1.54, 1.807) is 0 Å². The molecule has 2 heterocycles. The number of oxazole rings is 1. The van der Waals surface area contributed by atoms with E-state index in [1.807, 2.05) is 24.3 Å². The standard InChI is InChI=1S/C13H11N5O2/c19-12(14-7-11-15-8-16-18-11)5-6-13-17-9-3-1-2-4-10(9)20-13/h1-6,8H,7H2,(H,14,19)(H,15,16,18)/b6-5+. The van der Waals surface area contributed by atoms with Crippen LogP contribution in [-0.4, -0.2) is 26.1 Å². The Hall–Kier alpha value is -2.96. The van der Waals surface area contributed by atoms with E-state index in [9.17, 15) is 4.79 Å². The van der Waals surface area contributed by atoms with Crippen LogP contribution in [0.15, 0.2) is 41.1 Å². The number of aromatic nitrogens is 4. The van der Waals surface area contributed by atoms with Gasteiger partial charge in [-0.1, -0.05) is 12.1 Å². The van der Waals surface area contributed by atoms with Gasteiger partial charge in [-0.3, -0.25) is 9.89 Å². The number of H-pyrrole nitrogens is 1. The first-order valence-electron chi connectivity index (χ1n) is 5.97. The molecule has 1 amide bonds. The zero-order valence-corrected chi connectivity index (χ0v) is 10.4. The molecule has 7 nitrogen and oxygen atoms in total. The summed E-state index contributed by atoms with van der Waals surface area (Å²) in [5.74, 6) is 0.721. The molecule has 3 aromatic rings. The van der Waals surface area contributed by atoms with Crippen molar-refractivity contribution in [2.75, 3.05) is 0 Å². The molecule has 0 fully saturated rings. The molecule has 0 aliphatic rings. The van der Waals surface area contributed by atoms with Crippen molar-refractivity contribution in [2.24, 2.45) is 0 Å². The van der Waals surface area contributed by atoms with Crippen LogP contribution in [0.3, 0.4) is 0 Å². The lowest BCUT2D eigenvalue weighted by atomic mass is 10.3. The Kier molecular flexibility index (Phi) is 3.24. The Bertz CT molecular complexity index is 712. The minimum absolute atomic E-state index is 0.261. The first kappa shape index (κ1) is 12.1. The fraction of sp³-hybridized carbons (Fsp3) is 0.0769. The third-order valence-electron chi connectivity index (χ3n) is 2.58. The van der Waals surface area contributed by atoms with Gasteiger partial charge in [-0.15, -0.1) is 0 Å². The fourth-order valence-electron chi connectivity index (χ4n) is 1.65. The molecule has 100 valence electrons. The number of fused-ring (bicyclic) bond motifs is 1. The van der Waals surface area contributed by atoms with Crippen molar-refractivity contribution in [2.45, 2.75) is 6.54 Å². The van der Waals surface area contributed by atoms with E-state index in [0.29, 0.717) is 17.3 Å².